The van der Waals surface area contributed by atoms with Crippen molar-refractivity contribution >= 4 is 35.2 Å². The van der Waals surface area contributed by atoms with E-state index >= 15 is 0 Å². The molecule has 0 aliphatic rings. The lowest BCUT2D eigenvalue weighted by atomic mass is 9.84. The van der Waals surface area contributed by atoms with Crippen LogP contribution >= 0.6 is 0 Å². The lowest BCUT2D eigenvalue weighted by Crippen LogP contribution is -2.41. The van der Waals surface area contributed by atoms with E-state index in [9.17, 15) is 59.4 Å². The van der Waals surface area contributed by atoms with Gasteiger partial charge in [-0.2, -0.15) is 0 Å². The number of aliphatic hydroxyl groups excluding tert-OH is 7. The summed E-state index contributed by atoms with van der Waals surface area (Å²) in [5.74, 6) is -4.00. The van der Waals surface area contributed by atoms with E-state index in [1.165, 1.54) is 44.2 Å². The molecule has 0 heterocycles. The van der Waals surface area contributed by atoms with E-state index in [1.807, 2.05) is 0 Å². The third kappa shape index (κ3) is 14.1. The summed E-state index contributed by atoms with van der Waals surface area (Å²) in [6, 6.07) is 5.37. The molecule has 18 nitrogen and oxygen atoms in total. The summed E-state index contributed by atoms with van der Waals surface area (Å²) < 4.78 is 5.63. The van der Waals surface area contributed by atoms with Gasteiger partial charge in [0, 0.05) is 51.9 Å². The van der Waals surface area contributed by atoms with Crippen molar-refractivity contribution in [3.05, 3.63) is 69.8 Å². The van der Waals surface area contributed by atoms with Gasteiger partial charge in [-0.05, 0) is 36.4 Å². The van der Waals surface area contributed by atoms with Crippen LogP contribution in [0.5, 0.6) is 0 Å². The minimum atomic E-state index is -1.31. The maximum Gasteiger partial charge on any atom is 0.251 e. The van der Waals surface area contributed by atoms with Crippen LogP contribution in [0, 0.1) is 10.8 Å². The first-order valence-electron chi connectivity index (χ1n) is 17.8. The van der Waals surface area contributed by atoms with Crippen LogP contribution in [0.4, 0.5) is 0 Å². The second-order valence-corrected chi connectivity index (χ2v) is 14.9. The number of aliphatic hydroxyl groups is 7. The summed E-state index contributed by atoms with van der Waals surface area (Å²) >= 11 is 0. The van der Waals surface area contributed by atoms with E-state index in [4.69, 9.17) is 9.84 Å². The first kappa shape index (κ1) is 47.5. The molecular weight excluding hydrogens is 736 g/mol. The highest BCUT2D eigenvalue weighted by atomic mass is 16.5. The van der Waals surface area contributed by atoms with Gasteiger partial charge in [-0.3, -0.25) is 28.8 Å². The van der Waals surface area contributed by atoms with Crippen molar-refractivity contribution in [1.82, 2.24) is 21.3 Å². The van der Waals surface area contributed by atoms with E-state index < -0.39 is 97.6 Å². The number of benzene rings is 2. The number of carbonyl (C=O) groups excluding carboxylic acids is 6. The molecule has 2 aromatic rings. The molecule has 11 N–H and O–H groups in total. The normalized spacial score (nSPS) is 12.9. The summed E-state index contributed by atoms with van der Waals surface area (Å²) in [5, 5.41) is 76.5. The average molecular weight is 791 g/mol. The first-order chi connectivity index (χ1) is 26.2. The number of ketones is 2. The molecule has 0 spiro atoms. The molecule has 56 heavy (non-hydrogen) atoms. The summed E-state index contributed by atoms with van der Waals surface area (Å²) in [4.78, 5) is 78.6. The van der Waals surface area contributed by atoms with Crippen molar-refractivity contribution in [2.75, 3.05) is 59.3 Å². The van der Waals surface area contributed by atoms with E-state index in [1.54, 1.807) is 20.8 Å². The number of hydrogen-bond acceptors (Lipinski definition) is 14. The topological polar surface area (TPSA) is 301 Å². The van der Waals surface area contributed by atoms with Crippen molar-refractivity contribution in [2.24, 2.45) is 10.8 Å². The average Bonchev–Trinajstić information content (AvgIpc) is 3.17. The smallest absolute Gasteiger partial charge is 0.251 e. The van der Waals surface area contributed by atoms with Gasteiger partial charge in [0.15, 0.2) is 11.6 Å². The molecule has 2 atom stereocenters. The van der Waals surface area contributed by atoms with Crippen molar-refractivity contribution in [1.29, 1.82) is 0 Å². The SMILES string of the molecule is CC(C)(C)C(=O)c1cc(C(=O)NCC(O)CO)cc(C(=O)NCC(O)COCC(C)(C)C(=O)c2cc(C(=O)NC(CO)CO)cc(C(=O)NC(CO)CO)c2)c1. The van der Waals surface area contributed by atoms with E-state index in [-0.39, 0.29) is 65.5 Å². The number of hydrogen-bond donors (Lipinski definition) is 11. The highest BCUT2D eigenvalue weighted by molar-refractivity contribution is 6.08. The molecule has 18 heteroatoms. The zero-order chi connectivity index (χ0) is 42.4. The van der Waals surface area contributed by atoms with Crippen molar-refractivity contribution < 1.29 is 69.2 Å². The molecule has 0 bridgehead atoms. The molecule has 310 valence electrons. The van der Waals surface area contributed by atoms with Gasteiger partial charge in [0.2, 0.25) is 0 Å². The fraction of sp³-hybridized carbons (Fsp3) is 0.526. The van der Waals surface area contributed by atoms with Gasteiger partial charge in [0.25, 0.3) is 23.6 Å². The molecule has 2 unspecified atom stereocenters. The number of carbonyl (C=O) groups is 6. The number of Topliss-reactive ketones (excluding diaryl/α,β-unsaturated/α-hetero) is 2. The van der Waals surface area contributed by atoms with Crippen LogP contribution < -0.4 is 21.3 Å². The Bertz CT molecular complexity index is 1660. The highest BCUT2D eigenvalue weighted by Gasteiger charge is 2.31. The second kappa shape index (κ2) is 21.6. The van der Waals surface area contributed by atoms with Gasteiger partial charge >= 0.3 is 0 Å². The molecular formula is C38H54N4O14. The third-order valence-corrected chi connectivity index (χ3v) is 8.27. The lowest BCUT2D eigenvalue weighted by molar-refractivity contribution is 0.00577. The molecule has 0 aliphatic carbocycles. The molecule has 0 saturated carbocycles. The van der Waals surface area contributed by atoms with Crippen LogP contribution in [-0.4, -0.2) is 155 Å². The zero-order valence-corrected chi connectivity index (χ0v) is 32.1. The van der Waals surface area contributed by atoms with Crippen LogP contribution in [-0.2, 0) is 4.74 Å². The molecule has 0 aromatic heterocycles. The number of rotatable bonds is 22. The van der Waals surface area contributed by atoms with Gasteiger partial charge in [-0.25, -0.2) is 0 Å². The van der Waals surface area contributed by atoms with Crippen molar-refractivity contribution in [2.45, 2.75) is 58.9 Å². The van der Waals surface area contributed by atoms with Gasteiger partial charge in [0.1, 0.15) is 0 Å². The standard InChI is InChI=1S/C38H54N4O14/c1-37(2,3)31(50)21-6-23(33(52)39-12-29(48)18-47)10-24(7-21)34(53)40-13-30(49)19-56-20-38(4,5)32(51)22-8-25(35(54)41-27(14-43)15-44)11-26(9-22)36(55)42-28(16-45)17-46/h6-11,27-30,43-49H,12-20H2,1-5H3,(H,39,52)(H,40,53)(H,41,54)(H,42,55). The predicted molar refractivity (Wildman–Crippen MR) is 200 cm³/mol. The predicted octanol–water partition coefficient (Wildman–Crippen LogP) is -1.82. The van der Waals surface area contributed by atoms with Gasteiger partial charge < -0.3 is 61.7 Å². The molecule has 0 aliphatic heterocycles. The Hall–Kier alpha value is -4.66. The van der Waals surface area contributed by atoms with Gasteiger partial charge in [-0.15, -0.1) is 0 Å². The quantitative estimate of drug-likeness (QED) is 0.0586. The maximum atomic E-state index is 13.7. The number of amides is 4. The minimum Gasteiger partial charge on any atom is -0.394 e. The highest BCUT2D eigenvalue weighted by Crippen LogP contribution is 2.25. The van der Waals surface area contributed by atoms with Crippen LogP contribution in [0.1, 0.15) is 96.8 Å². The fourth-order valence-corrected chi connectivity index (χ4v) is 4.97. The summed E-state index contributed by atoms with van der Waals surface area (Å²) in [6.07, 6.45) is -2.51. The molecule has 0 fully saturated rings. The van der Waals surface area contributed by atoms with Crippen molar-refractivity contribution in [3.63, 3.8) is 0 Å². The molecule has 2 rings (SSSR count). The van der Waals surface area contributed by atoms with E-state index in [0.29, 0.717) is 0 Å². The van der Waals surface area contributed by atoms with Crippen LogP contribution in [0.2, 0.25) is 0 Å². The lowest BCUT2D eigenvalue weighted by Gasteiger charge is -2.25. The molecule has 4 amide bonds. The van der Waals surface area contributed by atoms with Crippen LogP contribution in [0.25, 0.3) is 0 Å². The summed E-state index contributed by atoms with van der Waals surface area (Å²) in [5.41, 5.74) is -2.64. The largest absolute Gasteiger partial charge is 0.394 e. The Balaban J connectivity index is 2.19. The Morgan fingerprint density at radius 2 is 0.893 bits per heavy atom. The minimum absolute atomic E-state index is 0.0517. The molecule has 2 aromatic carbocycles. The second-order valence-electron chi connectivity index (χ2n) is 14.9. The monoisotopic (exact) mass is 790 g/mol. The van der Waals surface area contributed by atoms with Crippen molar-refractivity contribution in [3.8, 4) is 0 Å². The Labute approximate surface area is 324 Å². The molecule has 0 radical (unpaired) electrons. The Morgan fingerprint density at radius 1 is 0.536 bits per heavy atom. The van der Waals surface area contributed by atoms with Crippen LogP contribution in [0.3, 0.4) is 0 Å². The van der Waals surface area contributed by atoms with Gasteiger partial charge in [0.05, 0.1) is 76.0 Å². The third-order valence-electron chi connectivity index (χ3n) is 8.27. The van der Waals surface area contributed by atoms with E-state index in [2.05, 4.69) is 21.3 Å². The summed E-state index contributed by atoms with van der Waals surface area (Å²) in [7, 11) is 0. The van der Waals surface area contributed by atoms with Crippen LogP contribution in [0.15, 0.2) is 36.4 Å². The zero-order valence-electron chi connectivity index (χ0n) is 32.1. The number of nitrogens with one attached hydrogen (secondary N) is 4. The Kier molecular flexibility index (Phi) is 18.3. The van der Waals surface area contributed by atoms with E-state index in [0.717, 1.165) is 6.07 Å². The Morgan fingerprint density at radius 3 is 1.27 bits per heavy atom. The maximum absolute atomic E-state index is 13.7. The fourth-order valence-electron chi connectivity index (χ4n) is 4.97. The summed E-state index contributed by atoms with van der Waals surface area (Å²) in [6.45, 7) is 3.83. The first-order valence-corrected chi connectivity index (χ1v) is 17.8. The van der Waals surface area contributed by atoms with Gasteiger partial charge in [-0.1, -0.05) is 34.6 Å². The number of ether oxygens (including phenoxy) is 1. The molecule has 0 saturated heterocycles.